The molecule has 0 amide bonds. The van der Waals surface area contributed by atoms with Gasteiger partial charge >= 0.3 is 0 Å². The molecule has 0 aromatic rings. The van der Waals surface area contributed by atoms with Crippen molar-refractivity contribution in [2.75, 3.05) is 5.75 Å². The topological polar surface area (TPSA) is 40.9 Å². The SMILES string of the molecule is CCCS(=O)C(C#N)CC. The molecule has 0 radical (unpaired) electrons. The molecule has 0 bridgehead atoms. The summed E-state index contributed by atoms with van der Waals surface area (Å²) < 4.78 is 11.1. The van der Waals surface area contributed by atoms with Crippen LogP contribution in [0.25, 0.3) is 0 Å². The van der Waals surface area contributed by atoms with Crippen LogP contribution in [-0.2, 0) is 10.8 Å². The van der Waals surface area contributed by atoms with Crippen LogP contribution in [0.4, 0.5) is 0 Å². The van der Waals surface area contributed by atoms with Crippen molar-refractivity contribution in [3.63, 3.8) is 0 Å². The highest BCUT2D eigenvalue weighted by Crippen LogP contribution is 2.01. The second kappa shape index (κ2) is 5.43. The molecule has 0 aliphatic carbocycles. The fourth-order valence-corrected chi connectivity index (χ4v) is 1.86. The van der Waals surface area contributed by atoms with Gasteiger partial charge in [0.2, 0.25) is 0 Å². The first-order valence-corrected chi connectivity index (χ1v) is 4.91. The van der Waals surface area contributed by atoms with Crippen LogP contribution in [0, 0.1) is 11.3 Å². The van der Waals surface area contributed by atoms with Gasteiger partial charge in [0, 0.05) is 16.6 Å². The highest BCUT2D eigenvalue weighted by atomic mass is 32.2. The van der Waals surface area contributed by atoms with Gasteiger partial charge in [-0.3, -0.25) is 4.21 Å². The quantitative estimate of drug-likeness (QED) is 0.623. The van der Waals surface area contributed by atoms with E-state index in [1.165, 1.54) is 0 Å². The van der Waals surface area contributed by atoms with Crippen LogP contribution in [-0.4, -0.2) is 15.2 Å². The van der Waals surface area contributed by atoms with Crippen molar-refractivity contribution < 1.29 is 4.21 Å². The predicted molar refractivity (Wildman–Crippen MR) is 43.0 cm³/mol. The first-order chi connectivity index (χ1) is 4.76. The van der Waals surface area contributed by atoms with Gasteiger partial charge in [0.15, 0.2) is 0 Å². The van der Waals surface area contributed by atoms with Crippen molar-refractivity contribution in [2.45, 2.75) is 31.9 Å². The molecule has 2 unspecified atom stereocenters. The highest BCUT2D eigenvalue weighted by molar-refractivity contribution is 7.85. The van der Waals surface area contributed by atoms with E-state index in [9.17, 15) is 4.21 Å². The third kappa shape index (κ3) is 2.98. The smallest absolute Gasteiger partial charge is 0.121 e. The summed E-state index contributed by atoms with van der Waals surface area (Å²) in [6.07, 6.45) is 1.59. The Kier molecular flexibility index (Phi) is 5.23. The Hall–Kier alpha value is -0.360. The first kappa shape index (κ1) is 9.64. The van der Waals surface area contributed by atoms with E-state index >= 15 is 0 Å². The van der Waals surface area contributed by atoms with Crippen molar-refractivity contribution in [1.82, 2.24) is 0 Å². The van der Waals surface area contributed by atoms with Crippen LogP contribution >= 0.6 is 0 Å². The maximum absolute atomic E-state index is 11.1. The summed E-state index contributed by atoms with van der Waals surface area (Å²) >= 11 is 0. The van der Waals surface area contributed by atoms with Gasteiger partial charge in [-0.05, 0) is 12.8 Å². The highest BCUT2D eigenvalue weighted by Gasteiger charge is 2.11. The Bertz CT molecular complexity index is 150. The van der Waals surface area contributed by atoms with Crippen molar-refractivity contribution in [3.05, 3.63) is 0 Å². The summed E-state index contributed by atoms with van der Waals surface area (Å²) in [5.41, 5.74) is 0. The molecular weight excluding hydrogens is 146 g/mol. The molecule has 2 atom stereocenters. The van der Waals surface area contributed by atoms with Crippen LogP contribution in [0.5, 0.6) is 0 Å². The molecule has 58 valence electrons. The van der Waals surface area contributed by atoms with Gasteiger partial charge in [-0.25, -0.2) is 0 Å². The predicted octanol–water partition coefficient (Wildman–Crippen LogP) is 1.45. The van der Waals surface area contributed by atoms with Crippen LogP contribution < -0.4 is 0 Å². The normalized spacial score (nSPS) is 15.7. The maximum Gasteiger partial charge on any atom is 0.121 e. The average Bonchev–Trinajstić information content (AvgIpc) is 1.91. The molecule has 0 fully saturated rings. The summed E-state index contributed by atoms with van der Waals surface area (Å²) in [7, 11) is -0.919. The van der Waals surface area contributed by atoms with Gasteiger partial charge in [0.25, 0.3) is 0 Å². The molecule has 0 rings (SSSR count). The zero-order chi connectivity index (χ0) is 7.98. The second-order valence-corrected chi connectivity index (χ2v) is 3.85. The molecule has 0 aliphatic rings. The van der Waals surface area contributed by atoms with E-state index in [1.807, 2.05) is 19.9 Å². The van der Waals surface area contributed by atoms with Gasteiger partial charge in [-0.1, -0.05) is 13.8 Å². The van der Waals surface area contributed by atoms with E-state index in [0.717, 1.165) is 6.42 Å². The van der Waals surface area contributed by atoms with Crippen molar-refractivity contribution in [1.29, 1.82) is 5.26 Å². The zero-order valence-corrected chi connectivity index (χ0v) is 7.28. The Morgan fingerprint density at radius 2 is 2.20 bits per heavy atom. The van der Waals surface area contributed by atoms with E-state index in [4.69, 9.17) is 5.26 Å². The molecule has 0 aromatic carbocycles. The van der Waals surface area contributed by atoms with Gasteiger partial charge in [-0.2, -0.15) is 5.26 Å². The standard InChI is InChI=1S/C7H13NOS/c1-3-5-10(9)7(4-2)6-8/h7H,3-5H2,1-2H3. The molecule has 0 N–H and O–H groups in total. The Morgan fingerprint density at radius 1 is 1.60 bits per heavy atom. The van der Waals surface area contributed by atoms with Crippen LogP contribution in [0.2, 0.25) is 0 Å². The van der Waals surface area contributed by atoms with E-state index < -0.39 is 10.8 Å². The van der Waals surface area contributed by atoms with Gasteiger partial charge in [-0.15, -0.1) is 0 Å². The van der Waals surface area contributed by atoms with Gasteiger partial charge in [0.05, 0.1) is 6.07 Å². The minimum Gasteiger partial charge on any atom is -0.258 e. The fraction of sp³-hybridized carbons (Fsp3) is 0.857. The molecule has 0 saturated carbocycles. The molecule has 0 aromatic heterocycles. The van der Waals surface area contributed by atoms with Crippen molar-refractivity contribution in [3.8, 4) is 6.07 Å². The van der Waals surface area contributed by atoms with E-state index in [0.29, 0.717) is 12.2 Å². The summed E-state index contributed by atoms with van der Waals surface area (Å²) in [5, 5.41) is 8.23. The molecule has 2 nitrogen and oxygen atoms in total. The number of hydrogen-bond acceptors (Lipinski definition) is 2. The van der Waals surface area contributed by atoms with Gasteiger partial charge in [0.1, 0.15) is 5.25 Å². The lowest BCUT2D eigenvalue weighted by Gasteiger charge is -2.02. The number of rotatable bonds is 4. The Balaban J connectivity index is 3.80. The average molecular weight is 159 g/mol. The molecule has 0 aliphatic heterocycles. The molecule has 0 heterocycles. The zero-order valence-electron chi connectivity index (χ0n) is 6.46. The van der Waals surface area contributed by atoms with Crippen LogP contribution in [0.15, 0.2) is 0 Å². The number of hydrogen-bond donors (Lipinski definition) is 0. The summed E-state index contributed by atoms with van der Waals surface area (Å²) in [6, 6.07) is 2.04. The van der Waals surface area contributed by atoms with Crippen LogP contribution in [0.3, 0.4) is 0 Å². The van der Waals surface area contributed by atoms with E-state index in [-0.39, 0.29) is 5.25 Å². The van der Waals surface area contributed by atoms with Crippen LogP contribution in [0.1, 0.15) is 26.7 Å². The lowest BCUT2D eigenvalue weighted by atomic mass is 10.4. The van der Waals surface area contributed by atoms with E-state index in [2.05, 4.69) is 0 Å². The molecule has 0 saturated heterocycles. The van der Waals surface area contributed by atoms with Crippen molar-refractivity contribution in [2.24, 2.45) is 0 Å². The fourth-order valence-electron chi connectivity index (χ4n) is 0.679. The van der Waals surface area contributed by atoms with Crippen molar-refractivity contribution >= 4 is 10.8 Å². The monoisotopic (exact) mass is 159 g/mol. The summed E-state index contributed by atoms with van der Waals surface area (Å²) in [5.74, 6) is 0.659. The third-order valence-corrected chi connectivity index (χ3v) is 3.12. The Labute approximate surface area is 64.7 Å². The lowest BCUT2D eigenvalue weighted by Crippen LogP contribution is -2.13. The first-order valence-electron chi connectivity index (χ1n) is 3.53. The van der Waals surface area contributed by atoms with E-state index in [1.54, 1.807) is 0 Å². The number of nitrogens with zero attached hydrogens (tertiary/aromatic N) is 1. The summed E-state index contributed by atoms with van der Waals surface area (Å²) in [4.78, 5) is 0. The minimum absolute atomic E-state index is 0.250. The Morgan fingerprint density at radius 3 is 2.50 bits per heavy atom. The molecule has 3 heteroatoms. The minimum atomic E-state index is -0.919. The largest absolute Gasteiger partial charge is 0.258 e. The molecule has 0 spiro atoms. The molecule has 10 heavy (non-hydrogen) atoms. The maximum atomic E-state index is 11.1. The lowest BCUT2D eigenvalue weighted by molar-refractivity contribution is 0.675. The summed E-state index contributed by atoms with van der Waals surface area (Å²) in [6.45, 7) is 3.86. The number of nitriles is 1. The third-order valence-electron chi connectivity index (χ3n) is 1.24. The second-order valence-electron chi connectivity index (χ2n) is 2.11. The molecular formula is C7H13NOS. The van der Waals surface area contributed by atoms with Gasteiger partial charge < -0.3 is 0 Å².